The van der Waals surface area contributed by atoms with Crippen molar-refractivity contribution in [2.75, 3.05) is 23.7 Å². The summed E-state index contributed by atoms with van der Waals surface area (Å²) in [7, 11) is -3.81. The molecule has 3 aromatic rings. The Kier molecular flexibility index (Phi) is 11.1. The minimum Gasteiger partial charge on any atom is -0.489 e. The minimum absolute atomic E-state index is 0.173. The Morgan fingerprint density at radius 2 is 1.62 bits per heavy atom. The predicted molar refractivity (Wildman–Crippen MR) is 159 cm³/mol. The summed E-state index contributed by atoms with van der Waals surface area (Å²) in [6.45, 7) is 6.27. The predicted octanol–water partition coefficient (Wildman–Crippen LogP) is 4.67. The molecule has 0 aliphatic rings. The molecule has 40 heavy (non-hydrogen) atoms. The summed E-state index contributed by atoms with van der Waals surface area (Å²) in [6.07, 6.45) is 2.82. The van der Waals surface area contributed by atoms with Crippen molar-refractivity contribution in [3.05, 3.63) is 95.6 Å². The molecule has 0 fully saturated rings. The molecule has 0 bridgehead atoms. The van der Waals surface area contributed by atoms with E-state index in [4.69, 9.17) is 4.74 Å². The first kappa shape index (κ1) is 30.7. The molecule has 0 spiro atoms. The van der Waals surface area contributed by atoms with E-state index in [1.165, 1.54) is 4.90 Å². The van der Waals surface area contributed by atoms with E-state index in [0.29, 0.717) is 24.6 Å². The van der Waals surface area contributed by atoms with Gasteiger partial charge in [-0.05, 0) is 55.7 Å². The molecule has 1 atom stereocenters. The number of hydrogen-bond donors (Lipinski definition) is 1. The quantitative estimate of drug-likeness (QED) is 0.287. The van der Waals surface area contributed by atoms with Gasteiger partial charge in [0.2, 0.25) is 21.8 Å². The number of nitrogens with zero attached hydrogens (tertiary/aromatic N) is 2. The molecule has 214 valence electrons. The normalized spacial score (nSPS) is 11.9. The molecule has 1 N–H and O–H groups in total. The minimum atomic E-state index is -3.81. The lowest BCUT2D eigenvalue weighted by atomic mass is 10.1. The van der Waals surface area contributed by atoms with Crippen LogP contribution in [0, 0.1) is 6.92 Å². The van der Waals surface area contributed by atoms with Crippen molar-refractivity contribution >= 4 is 27.5 Å². The lowest BCUT2D eigenvalue weighted by molar-refractivity contribution is -0.139. The number of benzene rings is 3. The highest BCUT2D eigenvalue weighted by atomic mass is 32.2. The summed E-state index contributed by atoms with van der Waals surface area (Å²) in [4.78, 5) is 28.0. The summed E-state index contributed by atoms with van der Waals surface area (Å²) in [5.74, 6) is -0.180. The maximum Gasteiger partial charge on any atom is 0.244 e. The van der Waals surface area contributed by atoms with E-state index in [0.717, 1.165) is 40.1 Å². The van der Waals surface area contributed by atoms with Crippen LogP contribution in [0.4, 0.5) is 5.69 Å². The van der Waals surface area contributed by atoms with Crippen LogP contribution in [0.3, 0.4) is 0 Å². The molecule has 0 unspecified atom stereocenters. The summed E-state index contributed by atoms with van der Waals surface area (Å²) in [5, 5.41) is 2.88. The number of unbranched alkanes of at least 4 members (excludes halogenated alkanes) is 1. The topological polar surface area (TPSA) is 96.0 Å². The highest BCUT2D eigenvalue weighted by Gasteiger charge is 2.30. The van der Waals surface area contributed by atoms with E-state index in [9.17, 15) is 18.0 Å². The van der Waals surface area contributed by atoms with Gasteiger partial charge in [-0.2, -0.15) is 0 Å². The molecule has 0 aliphatic heterocycles. The first-order valence-electron chi connectivity index (χ1n) is 13.5. The molecule has 2 amide bonds. The van der Waals surface area contributed by atoms with E-state index in [-0.39, 0.29) is 12.5 Å². The molecule has 3 aromatic carbocycles. The van der Waals surface area contributed by atoms with Gasteiger partial charge in [0.15, 0.2) is 0 Å². The van der Waals surface area contributed by atoms with E-state index in [1.807, 2.05) is 68.4 Å². The summed E-state index contributed by atoms with van der Waals surface area (Å²) in [6, 6.07) is 23.2. The molecule has 8 nitrogen and oxygen atoms in total. The monoisotopic (exact) mass is 565 g/mol. The van der Waals surface area contributed by atoms with Crippen molar-refractivity contribution in [3.63, 3.8) is 0 Å². The average Bonchev–Trinajstić information content (AvgIpc) is 2.93. The van der Waals surface area contributed by atoms with E-state index >= 15 is 0 Å². The fraction of sp³-hybridized carbons (Fsp3) is 0.355. The van der Waals surface area contributed by atoms with Crippen molar-refractivity contribution in [2.24, 2.45) is 0 Å². The lowest BCUT2D eigenvalue weighted by Crippen LogP contribution is -2.51. The van der Waals surface area contributed by atoms with Crippen LogP contribution in [0.2, 0.25) is 0 Å². The molecule has 0 aliphatic carbocycles. The smallest absolute Gasteiger partial charge is 0.244 e. The Balaban J connectivity index is 1.80. The lowest BCUT2D eigenvalue weighted by Gasteiger charge is -2.31. The average molecular weight is 566 g/mol. The van der Waals surface area contributed by atoms with E-state index < -0.39 is 28.5 Å². The molecule has 3 rings (SSSR count). The zero-order valence-corrected chi connectivity index (χ0v) is 24.5. The molecule has 0 saturated heterocycles. The third-order valence-corrected chi connectivity index (χ3v) is 7.63. The van der Waals surface area contributed by atoms with Gasteiger partial charge in [-0.25, -0.2) is 8.42 Å². The van der Waals surface area contributed by atoms with Crippen LogP contribution in [0.5, 0.6) is 5.75 Å². The Hall–Kier alpha value is -3.85. The van der Waals surface area contributed by atoms with Gasteiger partial charge in [0, 0.05) is 13.1 Å². The summed E-state index contributed by atoms with van der Waals surface area (Å²) in [5.41, 5.74) is 3.22. The van der Waals surface area contributed by atoms with Crippen molar-refractivity contribution in [2.45, 2.75) is 52.8 Å². The number of hydrogen-bond acceptors (Lipinski definition) is 5. The van der Waals surface area contributed by atoms with Gasteiger partial charge in [0.25, 0.3) is 0 Å². The number of ether oxygens (including phenoxy) is 1. The number of carbonyl (C=O) groups excluding carboxylic acids is 2. The second-order valence-electron chi connectivity index (χ2n) is 9.87. The number of aryl methyl sites for hydroxylation is 1. The van der Waals surface area contributed by atoms with Crippen molar-refractivity contribution in [1.82, 2.24) is 10.2 Å². The van der Waals surface area contributed by atoms with Crippen LogP contribution < -0.4 is 14.4 Å². The number of rotatable bonds is 14. The van der Waals surface area contributed by atoms with Gasteiger partial charge < -0.3 is 15.0 Å². The van der Waals surface area contributed by atoms with Gasteiger partial charge in [-0.15, -0.1) is 0 Å². The van der Waals surface area contributed by atoms with Gasteiger partial charge in [0.05, 0.1) is 11.9 Å². The van der Waals surface area contributed by atoms with Gasteiger partial charge in [-0.3, -0.25) is 13.9 Å². The maximum absolute atomic E-state index is 13.7. The number of sulfonamides is 1. The molecular formula is C31H39N3O5S. The Morgan fingerprint density at radius 3 is 2.25 bits per heavy atom. The number of anilines is 1. The van der Waals surface area contributed by atoms with E-state index in [2.05, 4.69) is 5.32 Å². The number of nitrogens with one attached hydrogen (secondary N) is 1. The van der Waals surface area contributed by atoms with Crippen LogP contribution in [0.1, 0.15) is 43.4 Å². The SMILES string of the molecule is CCCCNC(=O)[C@H](C)N(Cc1cccc(C)c1)C(=O)CN(c1ccc(OCc2ccccc2)cc1)S(C)(=O)=O. The second kappa shape index (κ2) is 14.5. The molecule has 0 heterocycles. The highest BCUT2D eigenvalue weighted by molar-refractivity contribution is 7.92. The Labute approximate surface area is 238 Å². The first-order valence-corrected chi connectivity index (χ1v) is 15.3. The first-order chi connectivity index (χ1) is 19.1. The fourth-order valence-corrected chi connectivity index (χ4v) is 5.04. The molecule has 9 heteroatoms. The fourth-order valence-electron chi connectivity index (χ4n) is 4.19. The molecule has 0 saturated carbocycles. The van der Waals surface area contributed by atoms with Crippen LogP contribution in [-0.2, 0) is 32.8 Å². The summed E-state index contributed by atoms with van der Waals surface area (Å²) < 4.78 is 32.5. The van der Waals surface area contributed by atoms with Crippen molar-refractivity contribution in [3.8, 4) is 5.75 Å². The largest absolute Gasteiger partial charge is 0.489 e. The number of amides is 2. The highest BCUT2D eigenvalue weighted by Crippen LogP contribution is 2.23. The maximum atomic E-state index is 13.7. The van der Waals surface area contributed by atoms with E-state index in [1.54, 1.807) is 31.2 Å². The van der Waals surface area contributed by atoms with Crippen LogP contribution >= 0.6 is 0 Å². The molecule has 0 aromatic heterocycles. The number of carbonyl (C=O) groups is 2. The Morgan fingerprint density at radius 1 is 0.950 bits per heavy atom. The molecule has 0 radical (unpaired) electrons. The zero-order chi connectivity index (χ0) is 29.1. The standard InChI is InChI=1S/C31H39N3O5S/c1-5-6-19-32-31(36)25(3)33(21-27-14-10-11-24(2)20-27)30(35)22-34(40(4,37)38)28-15-17-29(18-16-28)39-23-26-12-8-7-9-13-26/h7-18,20,25H,5-6,19,21-23H2,1-4H3,(H,32,36)/t25-/m0/s1. The van der Waals surface area contributed by atoms with Crippen molar-refractivity contribution < 1.29 is 22.7 Å². The molecular weight excluding hydrogens is 526 g/mol. The van der Waals surface area contributed by atoms with Gasteiger partial charge in [-0.1, -0.05) is 73.5 Å². The van der Waals surface area contributed by atoms with Crippen LogP contribution in [0.15, 0.2) is 78.9 Å². The van der Waals surface area contributed by atoms with Gasteiger partial charge in [0.1, 0.15) is 24.9 Å². The summed E-state index contributed by atoms with van der Waals surface area (Å²) >= 11 is 0. The zero-order valence-electron chi connectivity index (χ0n) is 23.7. The van der Waals surface area contributed by atoms with Crippen LogP contribution in [0.25, 0.3) is 0 Å². The van der Waals surface area contributed by atoms with Crippen LogP contribution in [-0.4, -0.2) is 50.5 Å². The van der Waals surface area contributed by atoms with Crippen molar-refractivity contribution in [1.29, 1.82) is 0 Å². The second-order valence-corrected chi connectivity index (χ2v) is 11.8. The third kappa shape index (κ3) is 9.12. The third-order valence-electron chi connectivity index (χ3n) is 6.48. The Bertz CT molecular complexity index is 1360. The van der Waals surface area contributed by atoms with Gasteiger partial charge >= 0.3 is 0 Å².